The minimum atomic E-state index is 0.596. The molecule has 0 aliphatic rings. The molecule has 1 heterocycles. The number of aromatic nitrogens is 2. The number of anilines is 1. The number of hydrogen-bond donors (Lipinski definition) is 1. The van der Waals surface area contributed by atoms with E-state index in [1.807, 2.05) is 25.6 Å². The molecule has 0 aliphatic heterocycles. The molecule has 0 amide bonds. The molecule has 1 atom stereocenters. The molecule has 1 aromatic heterocycles. The largest absolute Gasteiger partial charge is 0.368 e. The zero-order valence-electron chi connectivity index (χ0n) is 9.16. The van der Waals surface area contributed by atoms with Crippen molar-refractivity contribution < 1.29 is 0 Å². The average molecular weight is 211 g/mol. The third kappa shape index (κ3) is 3.18. The summed E-state index contributed by atoms with van der Waals surface area (Å²) >= 11 is 1.84. The number of aryl methyl sites for hydroxylation is 2. The molecule has 1 unspecified atom stereocenters. The lowest BCUT2D eigenvalue weighted by molar-refractivity contribution is 0.968. The van der Waals surface area contributed by atoms with Crippen molar-refractivity contribution in [1.82, 2.24) is 9.97 Å². The first-order valence-electron chi connectivity index (χ1n) is 4.70. The van der Waals surface area contributed by atoms with Gasteiger partial charge in [0.1, 0.15) is 5.82 Å². The lowest BCUT2D eigenvalue weighted by Gasteiger charge is -2.10. The lowest BCUT2D eigenvalue weighted by Crippen LogP contribution is -2.14. The number of nitrogens with zero attached hydrogens (tertiary/aromatic N) is 2. The summed E-state index contributed by atoms with van der Waals surface area (Å²) in [6.45, 7) is 7.06. The molecule has 1 N–H and O–H groups in total. The number of rotatable bonds is 4. The van der Waals surface area contributed by atoms with E-state index in [-0.39, 0.29) is 0 Å². The van der Waals surface area contributed by atoms with Gasteiger partial charge in [0.05, 0.1) is 17.6 Å². The van der Waals surface area contributed by atoms with Gasteiger partial charge in [0.15, 0.2) is 0 Å². The highest BCUT2D eigenvalue weighted by atomic mass is 32.2. The Morgan fingerprint density at radius 3 is 2.71 bits per heavy atom. The van der Waals surface area contributed by atoms with Crippen LogP contribution in [-0.2, 0) is 0 Å². The molecule has 78 valence electrons. The Hall–Kier alpha value is -0.770. The maximum absolute atomic E-state index is 4.40. The van der Waals surface area contributed by atoms with Gasteiger partial charge in [-0.05, 0) is 20.1 Å². The fourth-order valence-corrected chi connectivity index (χ4v) is 1.21. The van der Waals surface area contributed by atoms with Gasteiger partial charge in [-0.2, -0.15) is 11.8 Å². The summed E-state index contributed by atoms with van der Waals surface area (Å²) in [6.07, 6.45) is 3.90. The second kappa shape index (κ2) is 5.20. The molecule has 14 heavy (non-hydrogen) atoms. The van der Waals surface area contributed by atoms with Gasteiger partial charge in [0, 0.05) is 11.8 Å². The predicted molar refractivity (Wildman–Crippen MR) is 63.0 cm³/mol. The molecular formula is C10H17N3S. The van der Waals surface area contributed by atoms with E-state index >= 15 is 0 Å². The molecule has 3 nitrogen and oxygen atoms in total. The molecule has 1 aromatic rings. The summed E-state index contributed by atoms with van der Waals surface area (Å²) < 4.78 is 0. The highest BCUT2D eigenvalue weighted by molar-refractivity contribution is 7.99. The molecule has 0 saturated heterocycles. The zero-order chi connectivity index (χ0) is 10.6. The normalized spacial score (nSPS) is 12.6. The first-order chi connectivity index (χ1) is 6.63. The molecule has 0 bridgehead atoms. The van der Waals surface area contributed by atoms with Crippen LogP contribution in [0.25, 0.3) is 0 Å². The summed E-state index contributed by atoms with van der Waals surface area (Å²) in [5.74, 6) is 0.869. The van der Waals surface area contributed by atoms with Crippen LogP contribution in [0.4, 0.5) is 5.82 Å². The first kappa shape index (κ1) is 11.3. The summed E-state index contributed by atoms with van der Waals surface area (Å²) in [7, 11) is 0. The highest BCUT2D eigenvalue weighted by Gasteiger charge is 2.01. The van der Waals surface area contributed by atoms with Crippen molar-refractivity contribution in [3.8, 4) is 0 Å². The van der Waals surface area contributed by atoms with E-state index in [1.165, 1.54) is 0 Å². The molecule has 0 aromatic carbocycles. The maximum Gasteiger partial charge on any atom is 0.144 e. The molecule has 0 fully saturated rings. The van der Waals surface area contributed by atoms with Gasteiger partial charge in [0.25, 0.3) is 0 Å². The van der Waals surface area contributed by atoms with Gasteiger partial charge >= 0.3 is 0 Å². The van der Waals surface area contributed by atoms with Crippen molar-refractivity contribution in [2.75, 3.05) is 18.1 Å². The molecule has 0 radical (unpaired) electrons. The van der Waals surface area contributed by atoms with Gasteiger partial charge < -0.3 is 5.32 Å². The van der Waals surface area contributed by atoms with Gasteiger partial charge in [0.2, 0.25) is 0 Å². The standard InChI is InChI=1S/C10H17N3S/c1-7(14-4)5-12-10-6-11-8(2)9(3)13-10/h6-7H,5H2,1-4H3,(H,12,13). The monoisotopic (exact) mass is 211 g/mol. The predicted octanol–water partition coefficient (Wildman–Crippen LogP) is 2.26. The van der Waals surface area contributed by atoms with E-state index in [0.29, 0.717) is 5.25 Å². The molecule has 0 spiro atoms. The van der Waals surface area contributed by atoms with E-state index in [1.54, 1.807) is 6.20 Å². The second-order valence-corrected chi connectivity index (χ2v) is 4.63. The number of hydrogen-bond acceptors (Lipinski definition) is 4. The van der Waals surface area contributed by atoms with E-state index in [9.17, 15) is 0 Å². The third-order valence-corrected chi connectivity index (χ3v) is 3.14. The van der Waals surface area contributed by atoms with E-state index in [2.05, 4.69) is 28.5 Å². The van der Waals surface area contributed by atoms with Crippen LogP contribution < -0.4 is 5.32 Å². The molecule has 1 rings (SSSR count). The van der Waals surface area contributed by atoms with E-state index in [0.717, 1.165) is 23.8 Å². The fourth-order valence-electron chi connectivity index (χ4n) is 0.959. The maximum atomic E-state index is 4.40. The van der Waals surface area contributed by atoms with Crippen molar-refractivity contribution in [1.29, 1.82) is 0 Å². The van der Waals surface area contributed by atoms with Crippen LogP contribution in [0, 0.1) is 13.8 Å². The van der Waals surface area contributed by atoms with Crippen molar-refractivity contribution in [2.24, 2.45) is 0 Å². The minimum absolute atomic E-state index is 0.596. The summed E-state index contributed by atoms with van der Waals surface area (Å²) in [5, 5.41) is 3.86. The van der Waals surface area contributed by atoms with Crippen LogP contribution in [0.5, 0.6) is 0 Å². The van der Waals surface area contributed by atoms with Crippen LogP contribution in [0.2, 0.25) is 0 Å². The minimum Gasteiger partial charge on any atom is -0.368 e. The van der Waals surface area contributed by atoms with Crippen LogP contribution in [0.1, 0.15) is 18.3 Å². The van der Waals surface area contributed by atoms with Crippen LogP contribution in [0.3, 0.4) is 0 Å². The molecule has 0 aliphatic carbocycles. The number of thioether (sulfide) groups is 1. The Morgan fingerprint density at radius 2 is 2.14 bits per heavy atom. The van der Waals surface area contributed by atoms with Crippen LogP contribution >= 0.6 is 11.8 Å². The Kier molecular flexibility index (Phi) is 4.20. The van der Waals surface area contributed by atoms with E-state index < -0.39 is 0 Å². The zero-order valence-corrected chi connectivity index (χ0v) is 9.98. The first-order valence-corrected chi connectivity index (χ1v) is 5.99. The third-order valence-electron chi connectivity index (χ3n) is 2.17. The summed E-state index contributed by atoms with van der Waals surface area (Å²) in [4.78, 5) is 8.65. The Morgan fingerprint density at radius 1 is 1.43 bits per heavy atom. The van der Waals surface area contributed by atoms with Crippen LogP contribution in [0.15, 0.2) is 6.20 Å². The highest BCUT2D eigenvalue weighted by Crippen LogP contribution is 2.08. The van der Waals surface area contributed by atoms with Crippen molar-refractivity contribution in [3.63, 3.8) is 0 Å². The molecular weight excluding hydrogens is 194 g/mol. The van der Waals surface area contributed by atoms with Crippen molar-refractivity contribution in [2.45, 2.75) is 26.0 Å². The summed E-state index contributed by atoms with van der Waals surface area (Å²) in [5.41, 5.74) is 1.99. The smallest absolute Gasteiger partial charge is 0.144 e. The SMILES string of the molecule is CSC(C)CNc1cnc(C)c(C)n1. The fraction of sp³-hybridized carbons (Fsp3) is 0.600. The molecule has 4 heteroatoms. The Bertz CT molecular complexity index is 301. The van der Waals surface area contributed by atoms with Gasteiger partial charge in [-0.1, -0.05) is 6.92 Å². The van der Waals surface area contributed by atoms with Gasteiger partial charge in [-0.25, -0.2) is 4.98 Å². The Balaban J connectivity index is 2.55. The van der Waals surface area contributed by atoms with Gasteiger partial charge in [-0.15, -0.1) is 0 Å². The average Bonchev–Trinajstić information content (AvgIpc) is 2.19. The second-order valence-electron chi connectivity index (χ2n) is 3.35. The van der Waals surface area contributed by atoms with E-state index in [4.69, 9.17) is 0 Å². The Labute approximate surface area is 89.7 Å². The summed E-state index contributed by atoms with van der Waals surface area (Å²) in [6, 6.07) is 0. The lowest BCUT2D eigenvalue weighted by atomic mass is 10.3. The quantitative estimate of drug-likeness (QED) is 0.829. The van der Waals surface area contributed by atoms with Crippen LogP contribution in [-0.4, -0.2) is 28.0 Å². The molecule has 0 saturated carbocycles. The topological polar surface area (TPSA) is 37.8 Å². The number of nitrogens with one attached hydrogen (secondary N) is 1. The van der Waals surface area contributed by atoms with Crippen molar-refractivity contribution in [3.05, 3.63) is 17.6 Å². The van der Waals surface area contributed by atoms with Crippen molar-refractivity contribution >= 4 is 17.6 Å². The van der Waals surface area contributed by atoms with Gasteiger partial charge in [-0.3, -0.25) is 4.98 Å².